The van der Waals surface area contributed by atoms with E-state index in [-0.39, 0.29) is 0 Å². The molecule has 1 aliphatic heterocycles. The van der Waals surface area contributed by atoms with Crippen molar-refractivity contribution in [1.29, 1.82) is 0 Å². The van der Waals surface area contributed by atoms with Gasteiger partial charge in [-0.2, -0.15) is 10.2 Å². The lowest BCUT2D eigenvalue weighted by molar-refractivity contribution is 0.429. The fourth-order valence-corrected chi connectivity index (χ4v) is 2.44. The van der Waals surface area contributed by atoms with Crippen molar-refractivity contribution in [2.75, 3.05) is 18.4 Å². The van der Waals surface area contributed by atoms with Crippen LogP contribution in [0.15, 0.2) is 0 Å². The van der Waals surface area contributed by atoms with E-state index in [1.165, 1.54) is 0 Å². The summed E-state index contributed by atoms with van der Waals surface area (Å²) in [6.45, 7) is 3.60. The highest BCUT2D eigenvalue weighted by atomic mass is 15.4. The Morgan fingerprint density at radius 2 is 2.31 bits per heavy atom. The monoisotopic (exact) mass is 220 g/mol. The number of aryl methyl sites for hydroxylation is 2. The molecule has 6 nitrogen and oxygen atoms in total. The zero-order valence-corrected chi connectivity index (χ0v) is 9.56. The van der Waals surface area contributed by atoms with E-state index in [2.05, 4.69) is 15.5 Å². The minimum Gasteiger partial charge on any atom is -0.370 e. The molecule has 3 N–H and O–H groups in total. The van der Waals surface area contributed by atoms with Gasteiger partial charge in [0.15, 0.2) is 5.65 Å². The Morgan fingerprint density at radius 3 is 3.06 bits per heavy atom. The quantitative estimate of drug-likeness (QED) is 0.729. The topological polar surface area (TPSA) is 73.7 Å². The van der Waals surface area contributed by atoms with Crippen molar-refractivity contribution >= 4 is 16.9 Å². The molecule has 86 valence electrons. The fourth-order valence-electron chi connectivity index (χ4n) is 2.44. The van der Waals surface area contributed by atoms with Gasteiger partial charge in [0, 0.05) is 20.1 Å². The van der Waals surface area contributed by atoms with Gasteiger partial charge < -0.3 is 11.1 Å². The molecule has 0 aromatic carbocycles. The highest BCUT2D eigenvalue weighted by Gasteiger charge is 2.25. The number of aromatic nitrogens is 4. The van der Waals surface area contributed by atoms with Crippen molar-refractivity contribution in [2.45, 2.75) is 19.4 Å². The van der Waals surface area contributed by atoms with E-state index in [0.29, 0.717) is 12.6 Å². The van der Waals surface area contributed by atoms with Gasteiger partial charge in [-0.05, 0) is 13.3 Å². The third kappa shape index (κ3) is 1.10. The molecule has 3 rings (SSSR count). The predicted molar refractivity (Wildman–Crippen MR) is 62.4 cm³/mol. The second kappa shape index (κ2) is 3.21. The SMILES string of the molecule is Cc1nn(C)c2nn3c(c12)NCCC3CN. The molecule has 0 saturated carbocycles. The number of rotatable bonds is 1. The molecule has 1 aliphatic rings. The number of nitrogens with one attached hydrogen (secondary N) is 1. The van der Waals surface area contributed by atoms with Crippen LogP contribution in [0.4, 0.5) is 5.82 Å². The van der Waals surface area contributed by atoms with Crippen LogP contribution < -0.4 is 11.1 Å². The molecule has 16 heavy (non-hydrogen) atoms. The normalized spacial score (nSPS) is 19.8. The van der Waals surface area contributed by atoms with E-state index in [9.17, 15) is 0 Å². The van der Waals surface area contributed by atoms with Crippen molar-refractivity contribution in [1.82, 2.24) is 19.6 Å². The summed E-state index contributed by atoms with van der Waals surface area (Å²) in [4.78, 5) is 0. The molecule has 0 fully saturated rings. The second-order valence-corrected chi connectivity index (χ2v) is 4.31. The van der Waals surface area contributed by atoms with E-state index in [4.69, 9.17) is 5.73 Å². The molecule has 0 radical (unpaired) electrons. The van der Waals surface area contributed by atoms with Gasteiger partial charge in [-0.15, -0.1) is 0 Å². The summed E-state index contributed by atoms with van der Waals surface area (Å²) in [5, 5.41) is 13.5. The van der Waals surface area contributed by atoms with Gasteiger partial charge in [0.05, 0.1) is 17.1 Å². The van der Waals surface area contributed by atoms with Gasteiger partial charge >= 0.3 is 0 Å². The molecule has 1 atom stereocenters. The van der Waals surface area contributed by atoms with E-state index < -0.39 is 0 Å². The summed E-state index contributed by atoms with van der Waals surface area (Å²) in [5.41, 5.74) is 7.72. The highest BCUT2D eigenvalue weighted by Crippen LogP contribution is 2.31. The molecular weight excluding hydrogens is 204 g/mol. The summed E-state index contributed by atoms with van der Waals surface area (Å²) in [6, 6.07) is 0.308. The summed E-state index contributed by atoms with van der Waals surface area (Å²) < 4.78 is 3.84. The van der Waals surface area contributed by atoms with Crippen LogP contribution in [0, 0.1) is 6.92 Å². The third-order valence-corrected chi connectivity index (χ3v) is 3.25. The molecule has 0 spiro atoms. The highest BCUT2D eigenvalue weighted by molar-refractivity contribution is 5.90. The Labute approximate surface area is 93.4 Å². The molecule has 3 heterocycles. The van der Waals surface area contributed by atoms with Crippen LogP contribution in [0.3, 0.4) is 0 Å². The fraction of sp³-hybridized carbons (Fsp3) is 0.600. The number of nitrogens with two attached hydrogens (primary N) is 1. The average molecular weight is 220 g/mol. The molecule has 0 saturated heterocycles. The van der Waals surface area contributed by atoms with Gasteiger partial charge in [-0.3, -0.25) is 0 Å². The number of anilines is 1. The molecule has 1 unspecified atom stereocenters. The van der Waals surface area contributed by atoms with Crippen molar-refractivity contribution in [2.24, 2.45) is 12.8 Å². The molecule has 0 amide bonds. The van der Waals surface area contributed by atoms with Crippen LogP contribution >= 0.6 is 0 Å². The van der Waals surface area contributed by atoms with Crippen LogP contribution in [0.2, 0.25) is 0 Å². The molecule has 2 aromatic rings. The number of fused-ring (bicyclic) bond motifs is 3. The van der Waals surface area contributed by atoms with E-state index in [1.807, 2.05) is 23.3 Å². The van der Waals surface area contributed by atoms with Crippen molar-refractivity contribution in [3.8, 4) is 0 Å². The maximum atomic E-state index is 5.77. The lowest BCUT2D eigenvalue weighted by Gasteiger charge is -2.24. The average Bonchev–Trinajstić information content (AvgIpc) is 2.78. The van der Waals surface area contributed by atoms with Gasteiger partial charge in [0.25, 0.3) is 0 Å². The molecule has 2 aromatic heterocycles. The zero-order chi connectivity index (χ0) is 11.3. The van der Waals surface area contributed by atoms with Crippen LogP contribution in [-0.2, 0) is 7.05 Å². The first-order valence-corrected chi connectivity index (χ1v) is 5.58. The number of nitrogens with zero attached hydrogens (tertiary/aromatic N) is 4. The van der Waals surface area contributed by atoms with E-state index in [1.54, 1.807) is 0 Å². The first kappa shape index (κ1) is 9.65. The van der Waals surface area contributed by atoms with Crippen LogP contribution in [-0.4, -0.2) is 32.7 Å². The second-order valence-electron chi connectivity index (χ2n) is 4.31. The minimum absolute atomic E-state index is 0.308. The standard InChI is InChI=1S/C10H16N6/c1-6-8-9-12-4-3-7(5-11)16(9)14-10(8)15(2)13-6/h7,12H,3-5,11H2,1-2H3. The van der Waals surface area contributed by atoms with Crippen molar-refractivity contribution in [3.63, 3.8) is 0 Å². The van der Waals surface area contributed by atoms with Gasteiger partial charge in [0.1, 0.15) is 5.82 Å². The zero-order valence-electron chi connectivity index (χ0n) is 9.56. The third-order valence-electron chi connectivity index (χ3n) is 3.25. The Balaban J connectivity index is 2.29. The van der Waals surface area contributed by atoms with E-state index >= 15 is 0 Å². The smallest absolute Gasteiger partial charge is 0.182 e. The van der Waals surface area contributed by atoms with Gasteiger partial charge in [-0.25, -0.2) is 9.36 Å². The van der Waals surface area contributed by atoms with Gasteiger partial charge in [-0.1, -0.05) is 0 Å². The molecular formula is C10H16N6. The van der Waals surface area contributed by atoms with Crippen LogP contribution in [0.1, 0.15) is 18.2 Å². The predicted octanol–water partition coefficient (Wildman–Crippen LogP) is 0.394. The minimum atomic E-state index is 0.308. The van der Waals surface area contributed by atoms with Gasteiger partial charge in [0.2, 0.25) is 0 Å². The van der Waals surface area contributed by atoms with Crippen LogP contribution in [0.5, 0.6) is 0 Å². The Bertz CT molecular complexity index is 537. The Morgan fingerprint density at radius 1 is 1.50 bits per heavy atom. The lowest BCUT2D eigenvalue weighted by Crippen LogP contribution is -2.29. The first-order chi connectivity index (χ1) is 7.72. The van der Waals surface area contributed by atoms with Crippen molar-refractivity contribution in [3.05, 3.63) is 5.69 Å². The Hall–Kier alpha value is -1.56. The number of hydrogen-bond acceptors (Lipinski definition) is 4. The summed E-state index contributed by atoms with van der Waals surface area (Å²) >= 11 is 0. The maximum absolute atomic E-state index is 5.77. The Kier molecular flexibility index (Phi) is 1.94. The molecule has 0 bridgehead atoms. The lowest BCUT2D eigenvalue weighted by atomic mass is 10.1. The first-order valence-electron chi connectivity index (χ1n) is 5.58. The summed E-state index contributed by atoms with van der Waals surface area (Å²) in [7, 11) is 1.92. The largest absolute Gasteiger partial charge is 0.370 e. The molecule has 6 heteroatoms. The summed E-state index contributed by atoms with van der Waals surface area (Å²) in [5.74, 6) is 1.07. The summed E-state index contributed by atoms with van der Waals surface area (Å²) in [6.07, 6.45) is 1.03. The number of hydrogen-bond donors (Lipinski definition) is 2. The van der Waals surface area contributed by atoms with Crippen molar-refractivity contribution < 1.29 is 0 Å². The molecule has 0 aliphatic carbocycles. The van der Waals surface area contributed by atoms with E-state index in [0.717, 1.165) is 35.5 Å². The van der Waals surface area contributed by atoms with Crippen LogP contribution in [0.25, 0.3) is 11.0 Å². The maximum Gasteiger partial charge on any atom is 0.182 e.